The van der Waals surface area contributed by atoms with Crippen molar-refractivity contribution >= 4 is 40.5 Å². The fraction of sp³-hybridized carbons (Fsp3) is 0.0455. The summed E-state index contributed by atoms with van der Waals surface area (Å²) in [6.07, 6.45) is 0. The first-order chi connectivity index (χ1) is 14.5. The number of hydrogen-bond acceptors (Lipinski definition) is 4. The van der Waals surface area contributed by atoms with Crippen LogP contribution >= 0.6 is 12.2 Å². The van der Waals surface area contributed by atoms with Crippen LogP contribution in [-0.4, -0.2) is 23.5 Å². The molecule has 0 spiro atoms. The highest BCUT2D eigenvalue weighted by Gasteiger charge is 2.12. The van der Waals surface area contributed by atoms with Crippen LogP contribution in [0.25, 0.3) is 0 Å². The van der Waals surface area contributed by atoms with Crippen molar-refractivity contribution in [2.75, 3.05) is 17.2 Å². The summed E-state index contributed by atoms with van der Waals surface area (Å²) in [5.74, 6) is -1.03. The van der Waals surface area contributed by atoms with Gasteiger partial charge in [0.15, 0.2) is 11.7 Å². The molecule has 0 atom stereocenters. The molecule has 0 aliphatic heterocycles. The van der Waals surface area contributed by atoms with E-state index in [1.54, 1.807) is 42.5 Å². The highest BCUT2D eigenvalue weighted by molar-refractivity contribution is 7.80. The van der Waals surface area contributed by atoms with Crippen LogP contribution in [0.5, 0.6) is 5.75 Å². The SMILES string of the molecule is O=C(COc1ccccc1)Nc1cccc(NC(=S)NC(=O)c2ccccc2F)c1. The molecule has 0 fully saturated rings. The van der Waals surface area contributed by atoms with Crippen LogP contribution in [0.3, 0.4) is 0 Å². The topological polar surface area (TPSA) is 79.5 Å². The largest absolute Gasteiger partial charge is 0.484 e. The number of anilines is 2. The minimum atomic E-state index is -0.659. The molecular weight excluding hydrogens is 405 g/mol. The quantitative estimate of drug-likeness (QED) is 0.523. The molecule has 0 aliphatic rings. The first kappa shape index (κ1) is 20.9. The van der Waals surface area contributed by atoms with Crippen LogP contribution in [0.15, 0.2) is 78.9 Å². The van der Waals surface area contributed by atoms with Crippen molar-refractivity contribution in [3.8, 4) is 5.75 Å². The van der Waals surface area contributed by atoms with Crippen molar-refractivity contribution < 1.29 is 18.7 Å². The van der Waals surface area contributed by atoms with E-state index in [1.807, 2.05) is 18.2 Å². The number of benzene rings is 3. The summed E-state index contributed by atoms with van der Waals surface area (Å²) in [6, 6.07) is 21.4. The van der Waals surface area contributed by atoms with E-state index < -0.39 is 11.7 Å². The number of para-hydroxylation sites is 1. The summed E-state index contributed by atoms with van der Waals surface area (Å²) in [7, 11) is 0. The van der Waals surface area contributed by atoms with Gasteiger partial charge in [-0.15, -0.1) is 0 Å². The molecule has 0 radical (unpaired) electrons. The van der Waals surface area contributed by atoms with Gasteiger partial charge < -0.3 is 15.4 Å². The Morgan fingerprint density at radius 2 is 1.53 bits per heavy atom. The zero-order valence-electron chi connectivity index (χ0n) is 15.7. The maximum absolute atomic E-state index is 13.7. The lowest BCUT2D eigenvalue weighted by molar-refractivity contribution is -0.118. The van der Waals surface area contributed by atoms with E-state index in [9.17, 15) is 14.0 Å². The Hall–Kier alpha value is -3.78. The molecule has 2 amide bonds. The highest BCUT2D eigenvalue weighted by atomic mass is 32.1. The van der Waals surface area contributed by atoms with Gasteiger partial charge in [-0.1, -0.05) is 36.4 Å². The Kier molecular flexibility index (Phi) is 7.07. The first-order valence-corrected chi connectivity index (χ1v) is 9.37. The maximum Gasteiger partial charge on any atom is 0.262 e. The lowest BCUT2D eigenvalue weighted by atomic mass is 10.2. The van der Waals surface area contributed by atoms with Gasteiger partial charge in [-0.05, 0) is 54.7 Å². The maximum atomic E-state index is 13.7. The fourth-order valence-electron chi connectivity index (χ4n) is 2.52. The fourth-order valence-corrected chi connectivity index (χ4v) is 2.73. The minimum Gasteiger partial charge on any atom is -0.484 e. The van der Waals surface area contributed by atoms with Crippen molar-refractivity contribution in [2.24, 2.45) is 0 Å². The number of carbonyl (C=O) groups is 2. The monoisotopic (exact) mass is 423 g/mol. The highest BCUT2D eigenvalue weighted by Crippen LogP contribution is 2.16. The lowest BCUT2D eigenvalue weighted by Gasteiger charge is -2.12. The predicted octanol–water partition coefficient (Wildman–Crippen LogP) is 3.97. The van der Waals surface area contributed by atoms with Gasteiger partial charge >= 0.3 is 0 Å². The van der Waals surface area contributed by atoms with Crippen LogP contribution < -0.4 is 20.7 Å². The molecule has 30 heavy (non-hydrogen) atoms. The van der Waals surface area contributed by atoms with Crippen molar-refractivity contribution in [1.82, 2.24) is 5.32 Å². The second-order valence-corrected chi connectivity index (χ2v) is 6.53. The standard InChI is InChI=1S/C22H18FN3O3S/c23-19-12-5-4-11-18(19)21(28)26-22(30)25-16-8-6-7-15(13-16)24-20(27)14-29-17-9-2-1-3-10-17/h1-13H,14H2,(H,24,27)(H2,25,26,28,30). The van der Waals surface area contributed by atoms with Crippen LogP contribution in [0.2, 0.25) is 0 Å². The summed E-state index contributed by atoms with van der Waals surface area (Å²) < 4.78 is 19.1. The van der Waals surface area contributed by atoms with Crippen LogP contribution in [-0.2, 0) is 4.79 Å². The minimum absolute atomic E-state index is 0.000796. The summed E-state index contributed by atoms with van der Waals surface area (Å²) in [6.45, 7) is -0.140. The normalized spacial score (nSPS) is 10.0. The Morgan fingerprint density at radius 3 is 2.27 bits per heavy atom. The molecule has 6 nitrogen and oxygen atoms in total. The van der Waals surface area contributed by atoms with Crippen LogP contribution in [0.4, 0.5) is 15.8 Å². The van der Waals surface area contributed by atoms with E-state index in [4.69, 9.17) is 17.0 Å². The molecule has 0 aliphatic carbocycles. The van der Waals surface area contributed by atoms with E-state index in [1.165, 1.54) is 18.2 Å². The van der Waals surface area contributed by atoms with Crippen molar-refractivity contribution in [1.29, 1.82) is 0 Å². The summed E-state index contributed by atoms with van der Waals surface area (Å²) in [5, 5.41) is 7.96. The number of hydrogen-bond donors (Lipinski definition) is 3. The number of thiocarbonyl (C=S) groups is 1. The second kappa shape index (κ2) is 10.1. The van der Waals surface area contributed by atoms with E-state index in [2.05, 4.69) is 16.0 Å². The Bertz CT molecular complexity index is 1060. The number of amides is 2. The third-order valence-electron chi connectivity index (χ3n) is 3.86. The Morgan fingerprint density at radius 1 is 0.867 bits per heavy atom. The van der Waals surface area contributed by atoms with E-state index in [0.717, 1.165) is 0 Å². The van der Waals surface area contributed by atoms with Crippen LogP contribution in [0.1, 0.15) is 10.4 Å². The zero-order chi connectivity index (χ0) is 21.3. The van der Waals surface area contributed by atoms with Gasteiger partial charge in [0.05, 0.1) is 5.56 Å². The van der Waals surface area contributed by atoms with Gasteiger partial charge in [0.1, 0.15) is 11.6 Å². The average molecular weight is 423 g/mol. The summed E-state index contributed by atoms with van der Waals surface area (Å²) >= 11 is 5.11. The number of nitrogens with one attached hydrogen (secondary N) is 3. The van der Waals surface area contributed by atoms with Gasteiger partial charge in [-0.25, -0.2) is 4.39 Å². The Balaban J connectivity index is 1.53. The number of carbonyl (C=O) groups excluding carboxylic acids is 2. The molecule has 0 aromatic heterocycles. The average Bonchev–Trinajstić information content (AvgIpc) is 2.73. The van der Waals surface area contributed by atoms with Gasteiger partial charge in [-0.2, -0.15) is 0 Å². The van der Waals surface area contributed by atoms with E-state index >= 15 is 0 Å². The van der Waals surface area contributed by atoms with E-state index in [-0.39, 0.29) is 23.2 Å². The third kappa shape index (κ3) is 6.11. The van der Waals surface area contributed by atoms with Gasteiger partial charge in [0.25, 0.3) is 11.8 Å². The molecule has 0 saturated carbocycles. The smallest absolute Gasteiger partial charge is 0.262 e. The molecule has 152 valence electrons. The zero-order valence-corrected chi connectivity index (χ0v) is 16.5. The summed E-state index contributed by atoms with van der Waals surface area (Å²) in [4.78, 5) is 24.2. The Labute approximate surface area is 178 Å². The molecule has 3 rings (SSSR count). The van der Waals surface area contributed by atoms with Gasteiger partial charge in [0, 0.05) is 11.4 Å². The van der Waals surface area contributed by atoms with E-state index in [0.29, 0.717) is 17.1 Å². The first-order valence-electron chi connectivity index (χ1n) is 8.96. The molecular formula is C22H18FN3O3S. The molecule has 3 aromatic carbocycles. The summed E-state index contributed by atoms with van der Waals surface area (Å²) in [5.41, 5.74) is 0.946. The van der Waals surface area contributed by atoms with Crippen molar-refractivity contribution in [3.63, 3.8) is 0 Å². The molecule has 0 unspecified atom stereocenters. The molecule has 3 aromatic rings. The second-order valence-electron chi connectivity index (χ2n) is 6.12. The number of rotatable bonds is 6. The number of ether oxygens (including phenoxy) is 1. The van der Waals surface area contributed by atoms with Crippen LogP contribution in [0, 0.1) is 5.82 Å². The van der Waals surface area contributed by atoms with Crippen molar-refractivity contribution in [3.05, 3.63) is 90.2 Å². The lowest BCUT2D eigenvalue weighted by Crippen LogP contribution is -2.34. The molecule has 0 saturated heterocycles. The van der Waals surface area contributed by atoms with Gasteiger partial charge in [-0.3, -0.25) is 14.9 Å². The number of halogens is 1. The third-order valence-corrected chi connectivity index (χ3v) is 4.07. The molecule has 8 heteroatoms. The molecule has 3 N–H and O–H groups in total. The van der Waals surface area contributed by atoms with Gasteiger partial charge in [0.2, 0.25) is 0 Å². The van der Waals surface area contributed by atoms with Crippen molar-refractivity contribution in [2.45, 2.75) is 0 Å². The molecule has 0 heterocycles. The molecule has 0 bridgehead atoms. The predicted molar refractivity (Wildman–Crippen MR) is 117 cm³/mol.